The van der Waals surface area contributed by atoms with Crippen LogP contribution < -0.4 is 6.15 Å². The number of non-ortho nitro benzene ring substituents is 1. The Morgan fingerprint density at radius 3 is 1.95 bits per heavy atom. The van der Waals surface area contributed by atoms with Crippen LogP contribution in [0.1, 0.15) is 5.56 Å². The molecular weight excluding hydrogens is 248 g/mol. The van der Waals surface area contributed by atoms with Crippen molar-refractivity contribution in [3.63, 3.8) is 0 Å². The summed E-state index contributed by atoms with van der Waals surface area (Å²) in [4.78, 5) is 9.76. The number of aliphatic hydroxyl groups is 2. The first-order valence-corrected chi connectivity index (χ1v) is 4.61. The van der Waals surface area contributed by atoms with E-state index in [9.17, 15) is 10.1 Å². The van der Waals surface area contributed by atoms with Gasteiger partial charge in [-0.1, -0.05) is 12.1 Å². The zero-order valence-electron chi connectivity index (χ0n) is 10.2. The van der Waals surface area contributed by atoms with Gasteiger partial charge in [-0.15, -0.1) is 0 Å². The van der Waals surface area contributed by atoms with Crippen molar-refractivity contribution in [2.75, 3.05) is 0 Å². The summed E-state index contributed by atoms with van der Waals surface area (Å²) < 4.78 is 0. The number of nitro groups is 1. The van der Waals surface area contributed by atoms with Crippen LogP contribution in [0.5, 0.6) is 0 Å². The molecule has 0 saturated heterocycles. The predicted octanol–water partition coefficient (Wildman–Crippen LogP) is 1.72. The Balaban J connectivity index is 0. The number of hydrogen-bond donors (Lipinski definition) is 3. The fraction of sp³-hybridized carbons (Fsp3) is 0.0769. The van der Waals surface area contributed by atoms with Gasteiger partial charge in [0.1, 0.15) is 12.2 Å². The summed E-state index contributed by atoms with van der Waals surface area (Å²) in [6.07, 6.45) is 3.11. The smallest absolute Gasteiger partial charge is 0.269 e. The summed E-state index contributed by atoms with van der Waals surface area (Å²) >= 11 is 0. The molecular formula is C13H12N2O4. The zero-order valence-corrected chi connectivity index (χ0v) is 10.2. The van der Waals surface area contributed by atoms with E-state index < -0.39 is 4.92 Å². The van der Waals surface area contributed by atoms with Crippen molar-refractivity contribution >= 4 is 5.69 Å². The molecule has 0 spiro atoms. The van der Waals surface area contributed by atoms with Crippen molar-refractivity contribution < 1.29 is 15.1 Å². The maximum absolute atomic E-state index is 10.2. The van der Waals surface area contributed by atoms with Gasteiger partial charge in [-0.2, -0.15) is 0 Å². The van der Waals surface area contributed by atoms with Crippen LogP contribution in [-0.2, 0) is 0 Å². The van der Waals surface area contributed by atoms with E-state index >= 15 is 0 Å². The molecule has 0 aliphatic rings. The van der Waals surface area contributed by atoms with Gasteiger partial charge in [0.05, 0.1) is 4.92 Å². The first-order valence-electron chi connectivity index (χ1n) is 4.61. The van der Waals surface area contributed by atoms with Crippen molar-refractivity contribution in [2.45, 2.75) is 6.92 Å². The van der Waals surface area contributed by atoms with Gasteiger partial charge >= 0.3 is 0 Å². The molecule has 0 amide bonds. The Hall–Kier alpha value is -3.14. The summed E-state index contributed by atoms with van der Waals surface area (Å²) in [5.74, 6) is 8.31. The van der Waals surface area contributed by atoms with Crippen LogP contribution in [-0.4, -0.2) is 15.1 Å². The fourth-order valence-electron chi connectivity index (χ4n) is 0.860. The first kappa shape index (κ1) is 18.2. The van der Waals surface area contributed by atoms with Crippen molar-refractivity contribution in [3.05, 3.63) is 39.9 Å². The lowest BCUT2D eigenvalue weighted by Gasteiger charge is -1.90. The molecule has 0 heterocycles. The lowest BCUT2D eigenvalue weighted by atomic mass is 10.2. The fourth-order valence-corrected chi connectivity index (χ4v) is 0.860. The summed E-state index contributed by atoms with van der Waals surface area (Å²) in [7, 11) is 0. The average Bonchev–Trinajstić information content (AvgIpc) is 2.35. The van der Waals surface area contributed by atoms with Crippen LogP contribution >= 0.6 is 0 Å². The van der Waals surface area contributed by atoms with Crippen LogP contribution in [0.15, 0.2) is 24.3 Å². The van der Waals surface area contributed by atoms with E-state index in [0.29, 0.717) is 0 Å². The third kappa shape index (κ3) is 9.77. The Kier molecular flexibility index (Phi) is 10.9. The van der Waals surface area contributed by atoms with E-state index in [1.165, 1.54) is 6.07 Å². The predicted molar refractivity (Wildman–Crippen MR) is 70.1 cm³/mol. The number of hydrogen-bond acceptors (Lipinski definition) is 5. The molecule has 0 aliphatic heterocycles. The van der Waals surface area contributed by atoms with Gasteiger partial charge in [0.2, 0.25) is 0 Å². The lowest BCUT2D eigenvalue weighted by molar-refractivity contribution is -0.384. The molecule has 0 bridgehead atoms. The second kappa shape index (κ2) is 11.3. The highest BCUT2D eigenvalue weighted by Crippen LogP contribution is 2.11. The topological polar surface area (TPSA) is 119 Å². The Bertz CT molecular complexity index is 568. The third-order valence-corrected chi connectivity index (χ3v) is 1.51. The minimum atomic E-state index is -0.396. The SMILES string of the molecule is Cc1cccc([N+](=O)[O-])c1.N.OC#CC#CC#CO. The molecule has 1 rings (SSSR count). The minimum absolute atomic E-state index is 0. The highest BCUT2D eigenvalue weighted by molar-refractivity contribution is 5.33. The van der Waals surface area contributed by atoms with E-state index in [1.807, 2.05) is 24.8 Å². The van der Waals surface area contributed by atoms with Crippen LogP contribution in [0.4, 0.5) is 5.69 Å². The third-order valence-electron chi connectivity index (χ3n) is 1.51. The number of nitrogens with zero attached hydrogens (tertiary/aromatic N) is 1. The van der Waals surface area contributed by atoms with E-state index in [4.69, 9.17) is 10.2 Å². The number of aliphatic hydroxyl groups excluding tert-OH is 2. The molecule has 98 valence electrons. The molecule has 0 unspecified atom stereocenters. The maximum atomic E-state index is 10.2. The van der Waals surface area contributed by atoms with E-state index in [0.717, 1.165) is 5.56 Å². The van der Waals surface area contributed by atoms with Crippen LogP contribution in [0.25, 0.3) is 0 Å². The number of nitro benzene ring substituents is 1. The zero-order chi connectivity index (χ0) is 13.8. The van der Waals surface area contributed by atoms with E-state index in [1.54, 1.807) is 24.3 Å². The summed E-state index contributed by atoms with van der Waals surface area (Å²) in [5, 5.41) is 25.7. The monoisotopic (exact) mass is 260 g/mol. The van der Waals surface area contributed by atoms with E-state index in [-0.39, 0.29) is 11.8 Å². The second-order valence-corrected chi connectivity index (χ2v) is 2.82. The van der Waals surface area contributed by atoms with Crippen LogP contribution in [0, 0.1) is 52.9 Å². The molecule has 1 aromatic rings. The minimum Gasteiger partial charge on any atom is -0.461 e. The summed E-state index contributed by atoms with van der Waals surface area (Å²) in [5.41, 5.74) is 1.06. The van der Waals surface area contributed by atoms with Gasteiger partial charge in [0, 0.05) is 35.8 Å². The van der Waals surface area contributed by atoms with Crippen LogP contribution in [0.2, 0.25) is 0 Å². The largest absolute Gasteiger partial charge is 0.461 e. The standard InChI is InChI=1S/C7H7NO2.C6H2O2.H3N/c1-6-3-2-4-7(5-6)8(9)10;7-5-3-1-2-4-6-8;/h2-5H,1H3;7-8H;1H3. The van der Waals surface area contributed by atoms with Gasteiger partial charge in [-0.25, -0.2) is 0 Å². The summed E-state index contributed by atoms with van der Waals surface area (Å²) in [6.45, 7) is 1.83. The Morgan fingerprint density at radius 1 is 1.11 bits per heavy atom. The van der Waals surface area contributed by atoms with Gasteiger partial charge in [0.15, 0.2) is 0 Å². The maximum Gasteiger partial charge on any atom is 0.269 e. The van der Waals surface area contributed by atoms with E-state index in [2.05, 4.69) is 11.8 Å². The molecule has 0 aromatic heterocycles. The molecule has 5 N–H and O–H groups in total. The molecule has 0 radical (unpaired) electrons. The van der Waals surface area contributed by atoms with Gasteiger partial charge < -0.3 is 16.4 Å². The van der Waals surface area contributed by atoms with Crippen molar-refractivity contribution in [2.24, 2.45) is 0 Å². The van der Waals surface area contributed by atoms with Crippen LogP contribution in [0.3, 0.4) is 0 Å². The lowest BCUT2D eigenvalue weighted by Crippen LogP contribution is -1.86. The van der Waals surface area contributed by atoms with Gasteiger partial charge in [0.25, 0.3) is 5.69 Å². The quantitative estimate of drug-likeness (QED) is 0.403. The second-order valence-electron chi connectivity index (χ2n) is 2.82. The highest BCUT2D eigenvalue weighted by Gasteiger charge is 2.01. The van der Waals surface area contributed by atoms with Gasteiger partial charge in [-0.05, 0) is 12.5 Å². The van der Waals surface area contributed by atoms with Gasteiger partial charge in [-0.3, -0.25) is 10.1 Å². The number of aryl methyl sites for hydroxylation is 1. The van der Waals surface area contributed by atoms with Crippen molar-refractivity contribution in [3.8, 4) is 35.9 Å². The average molecular weight is 260 g/mol. The summed E-state index contributed by atoms with van der Waals surface area (Å²) in [6, 6.07) is 6.52. The molecule has 6 nitrogen and oxygen atoms in total. The first-order chi connectivity index (χ1) is 8.61. The normalized spacial score (nSPS) is 6.37. The molecule has 6 heteroatoms. The Morgan fingerprint density at radius 2 is 1.63 bits per heavy atom. The van der Waals surface area contributed by atoms with Crippen molar-refractivity contribution in [1.82, 2.24) is 6.15 Å². The van der Waals surface area contributed by atoms with Crippen molar-refractivity contribution in [1.29, 1.82) is 0 Å². The molecule has 0 atom stereocenters. The molecule has 0 fully saturated rings. The number of benzene rings is 1. The Labute approximate surface area is 110 Å². The number of rotatable bonds is 1. The highest BCUT2D eigenvalue weighted by atomic mass is 16.6. The molecule has 1 aromatic carbocycles. The molecule has 0 aliphatic carbocycles. The molecule has 0 saturated carbocycles. The molecule has 19 heavy (non-hydrogen) atoms.